The van der Waals surface area contributed by atoms with Crippen LogP contribution in [-0.2, 0) is 38.7 Å². The van der Waals surface area contributed by atoms with Crippen LogP contribution in [0.2, 0.25) is 0 Å². The number of esters is 2. The average molecular weight is 873 g/mol. The highest BCUT2D eigenvalue weighted by Crippen LogP contribution is 2.24. The van der Waals surface area contributed by atoms with E-state index in [0.29, 0.717) is 19.3 Å². The molecule has 1 aliphatic rings. The Morgan fingerprint density at radius 1 is 0.567 bits per heavy atom. The fourth-order valence-electron chi connectivity index (χ4n) is 7.00. The van der Waals surface area contributed by atoms with E-state index in [1.165, 1.54) is 103 Å². The highest BCUT2D eigenvalue weighted by Gasteiger charge is 2.46. The van der Waals surface area contributed by atoms with E-state index >= 15 is 0 Å². The molecule has 4 N–H and O–H groups in total. The number of hydrogen-bond donors (Lipinski definition) is 4. The first-order chi connectivity index (χ1) is 29.0. The number of aliphatic hydroxyl groups excluding tert-OH is 3. The van der Waals surface area contributed by atoms with Crippen molar-refractivity contribution >= 4 is 22.1 Å². The molecule has 12 nitrogen and oxygen atoms in total. The molecule has 1 aliphatic heterocycles. The minimum atomic E-state index is -4.61. The molecule has 0 bridgehead atoms. The van der Waals surface area contributed by atoms with E-state index in [-0.39, 0.29) is 19.4 Å². The second-order valence-corrected chi connectivity index (χ2v) is 17.9. The van der Waals surface area contributed by atoms with Crippen LogP contribution in [0.5, 0.6) is 0 Å². The van der Waals surface area contributed by atoms with Gasteiger partial charge in [0, 0.05) is 12.8 Å². The van der Waals surface area contributed by atoms with E-state index in [4.69, 9.17) is 18.9 Å². The second-order valence-electron chi connectivity index (χ2n) is 16.4. The summed E-state index contributed by atoms with van der Waals surface area (Å²) in [4.78, 5) is 25.4. The Kier molecular flexibility index (Phi) is 34.9. The van der Waals surface area contributed by atoms with Crippen molar-refractivity contribution in [3.8, 4) is 0 Å². The van der Waals surface area contributed by atoms with Crippen molar-refractivity contribution in [3.63, 3.8) is 0 Å². The zero-order valence-corrected chi connectivity index (χ0v) is 38.1. The van der Waals surface area contributed by atoms with E-state index in [1.54, 1.807) is 0 Å². The van der Waals surface area contributed by atoms with Gasteiger partial charge < -0.3 is 34.3 Å². The SMILES string of the molecule is CCCCCC/C=C/CCCCCCCCCC(=O)O[C@H](COC(=O)CCC/C=C/C/C=C/CCCCCCCCCCC)CO[C@H]1O[C@H](CS(=O)(=O)O)[C@@H](O)C(O)C1O. The summed E-state index contributed by atoms with van der Waals surface area (Å²) in [6.07, 6.45) is 33.4. The lowest BCUT2D eigenvalue weighted by Crippen LogP contribution is -2.60. The molecule has 1 rings (SSSR count). The van der Waals surface area contributed by atoms with Gasteiger partial charge in [0.1, 0.15) is 36.8 Å². The second kappa shape index (κ2) is 37.4. The van der Waals surface area contributed by atoms with Crippen LogP contribution in [0.4, 0.5) is 0 Å². The zero-order valence-electron chi connectivity index (χ0n) is 37.3. The molecule has 350 valence electrons. The van der Waals surface area contributed by atoms with Crippen LogP contribution in [0.25, 0.3) is 0 Å². The average Bonchev–Trinajstić information content (AvgIpc) is 3.21. The third-order valence-corrected chi connectivity index (χ3v) is 11.4. The first-order valence-electron chi connectivity index (χ1n) is 23.5. The summed E-state index contributed by atoms with van der Waals surface area (Å²) >= 11 is 0. The molecule has 0 saturated carbocycles. The smallest absolute Gasteiger partial charge is 0.306 e. The number of hydrogen-bond acceptors (Lipinski definition) is 11. The first kappa shape index (κ1) is 55.9. The lowest BCUT2D eigenvalue weighted by molar-refractivity contribution is -0.297. The van der Waals surface area contributed by atoms with E-state index in [2.05, 4.69) is 44.2 Å². The van der Waals surface area contributed by atoms with Crippen molar-refractivity contribution in [1.82, 2.24) is 0 Å². The number of allylic oxidation sites excluding steroid dienone is 6. The summed E-state index contributed by atoms with van der Waals surface area (Å²) in [6.45, 7) is 3.71. The van der Waals surface area contributed by atoms with Gasteiger partial charge in [-0.15, -0.1) is 0 Å². The van der Waals surface area contributed by atoms with Gasteiger partial charge in [-0.1, -0.05) is 153 Å². The van der Waals surface area contributed by atoms with Crippen molar-refractivity contribution in [3.05, 3.63) is 36.5 Å². The number of carbonyl (C=O) groups is 2. The molecule has 6 atom stereocenters. The van der Waals surface area contributed by atoms with Gasteiger partial charge in [0.25, 0.3) is 10.1 Å². The molecule has 0 aromatic heterocycles. The number of unbranched alkanes of at least 4 members (excludes halogenated alkanes) is 21. The van der Waals surface area contributed by atoms with E-state index < -0.39 is 71.2 Å². The largest absolute Gasteiger partial charge is 0.462 e. The maximum atomic E-state index is 12.8. The third-order valence-electron chi connectivity index (χ3n) is 10.7. The maximum Gasteiger partial charge on any atom is 0.306 e. The van der Waals surface area contributed by atoms with Crippen molar-refractivity contribution in [1.29, 1.82) is 0 Å². The van der Waals surface area contributed by atoms with Gasteiger partial charge >= 0.3 is 11.9 Å². The monoisotopic (exact) mass is 873 g/mol. The van der Waals surface area contributed by atoms with E-state index in [9.17, 15) is 37.9 Å². The van der Waals surface area contributed by atoms with Gasteiger partial charge in [-0.3, -0.25) is 14.1 Å². The Hall–Kier alpha value is -2.13. The number of aliphatic hydroxyl groups is 3. The molecule has 0 aromatic carbocycles. The molecule has 1 fully saturated rings. The number of ether oxygens (including phenoxy) is 4. The fourth-order valence-corrected chi connectivity index (χ4v) is 7.70. The normalized spacial score (nSPS) is 20.4. The molecular weight excluding hydrogens is 789 g/mol. The third kappa shape index (κ3) is 31.7. The lowest BCUT2D eigenvalue weighted by atomic mass is 10.00. The van der Waals surface area contributed by atoms with Crippen LogP contribution in [-0.4, -0.2) is 96.0 Å². The molecule has 0 amide bonds. The molecular formula is C47H84O12S. The van der Waals surface area contributed by atoms with E-state index in [1.807, 2.05) is 6.08 Å². The zero-order chi connectivity index (χ0) is 44.1. The van der Waals surface area contributed by atoms with Gasteiger partial charge in [0.05, 0.1) is 6.61 Å². The Morgan fingerprint density at radius 2 is 1.02 bits per heavy atom. The predicted molar refractivity (Wildman–Crippen MR) is 238 cm³/mol. The summed E-state index contributed by atoms with van der Waals surface area (Å²) in [5, 5.41) is 30.9. The Labute approximate surface area is 363 Å². The molecule has 0 spiro atoms. The highest BCUT2D eigenvalue weighted by atomic mass is 32.2. The predicted octanol–water partition coefficient (Wildman–Crippen LogP) is 9.78. The van der Waals surface area contributed by atoms with Gasteiger partial charge in [-0.2, -0.15) is 8.42 Å². The molecule has 1 saturated heterocycles. The molecule has 0 aromatic rings. The summed E-state index contributed by atoms with van der Waals surface area (Å²) in [5.41, 5.74) is 0. The maximum absolute atomic E-state index is 12.8. The van der Waals surface area contributed by atoms with Crippen LogP contribution < -0.4 is 0 Å². The summed E-state index contributed by atoms with van der Waals surface area (Å²) in [5.74, 6) is -2.04. The quantitative estimate of drug-likeness (QED) is 0.0199. The van der Waals surface area contributed by atoms with Crippen LogP contribution >= 0.6 is 0 Å². The van der Waals surface area contributed by atoms with Crippen LogP contribution in [0.1, 0.15) is 194 Å². The molecule has 2 unspecified atom stereocenters. The Balaban J connectivity index is 2.46. The number of rotatable bonds is 39. The standard InChI is InChI=1S/C47H84O12S/c1-3-5-7-9-11-13-15-17-19-20-22-23-25-27-29-31-33-35-42(48)56-37-40(38-57-47-46(52)45(51)44(50)41(59-47)39-60(53,54)55)58-43(49)36-34-32-30-28-26-24-21-18-16-14-12-10-8-6-4-2/h14,16,22-23,27,29,40-41,44-47,50-52H,3-13,15,17-21,24-26,28,30-39H2,1-2H3,(H,53,54,55)/b16-14+,23-22+,29-27+/t40-,41-,44-,45?,46?,47+/m1/s1. The van der Waals surface area contributed by atoms with Crippen molar-refractivity contribution in [2.75, 3.05) is 19.0 Å². The Bertz CT molecular complexity index is 1250. The van der Waals surface area contributed by atoms with Gasteiger partial charge in [0.15, 0.2) is 12.4 Å². The van der Waals surface area contributed by atoms with Crippen molar-refractivity contribution in [2.24, 2.45) is 0 Å². The van der Waals surface area contributed by atoms with Crippen molar-refractivity contribution in [2.45, 2.75) is 230 Å². The fraction of sp³-hybridized carbons (Fsp3) is 0.830. The molecule has 0 radical (unpaired) electrons. The van der Waals surface area contributed by atoms with Crippen LogP contribution in [0.15, 0.2) is 36.5 Å². The Morgan fingerprint density at radius 3 is 1.55 bits per heavy atom. The molecule has 60 heavy (non-hydrogen) atoms. The highest BCUT2D eigenvalue weighted by molar-refractivity contribution is 7.85. The summed E-state index contributed by atoms with van der Waals surface area (Å²) < 4.78 is 54.0. The summed E-state index contributed by atoms with van der Waals surface area (Å²) in [7, 11) is -4.61. The first-order valence-corrected chi connectivity index (χ1v) is 25.2. The van der Waals surface area contributed by atoms with Crippen LogP contribution in [0.3, 0.4) is 0 Å². The van der Waals surface area contributed by atoms with Gasteiger partial charge in [-0.05, 0) is 64.2 Å². The van der Waals surface area contributed by atoms with Gasteiger partial charge in [0.2, 0.25) is 0 Å². The van der Waals surface area contributed by atoms with E-state index in [0.717, 1.165) is 44.9 Å². The molecule has 1 heterocycles. The number of carbonyl (C=O) groups excluding carboxylic acids is 2. The minimum absolute atomic E-state index is 0.151. The van der Waals surface area contributed by atoms with Crippen LogP contribution in [0, 0.1) is 0 Å². The van der Waals surface area contributed by atoms with Gasteiger partial charge in [-0.25, -0.2) is 0 Å². The topological polar surface area (TPSA) is 186 Å². The summed E-state index contributed by atoms with van der Waals surface area (Å²) in [6, 6.07) is 0. The lowest BCUT2D eigenvalue weighted by Gasteiger charge is -2.40. The minimum Gasteiger partial charge on any atom is -0.462 e. The van der Waals surface area contributed by atoms with Crippen molar-refractivity contribution < 1.29 is 56.8 Å². The molecule has 0 aliphatic carbocycles. The molecule has 13 heteroatoms.